The van der Waals surface area contributed by atoms with Gasteiger partial charge in [0, 0.05) is 25.0 Å². The molecule has 6 heteroatoms. The number of carbonyl (C=O) groups excluding carboxylic acids is 1. The van der Waals surface area contributed by atoms with Crippen LogP contribution in [0, 0.1) is 0 Å². The normalized spacial score (nSPS) is 10.7. The molecule has 0 radical (unpaired) electrons. The second-order valence-electron chi connectivity index (χ2n) is 5.09. The van der Waals surface area contributed by atoms with E-state index in [9.17, 15) is 4.79 Å². The molecule has 1 amide bonds. The van der Waals surface area contributed by atoms with Gasteiger partial charge in [-0.2, -0.15) is 0 Å². The molecule has 0 aliphatic carbocycles. The molecule has 0 aliphatic heterocycles. The predicted molar refractivity (Wildman–Crippen MR) is 88.2 cm³/mol. The fourth-order valence-corrected chi connectivity index (χ4v) is 2.62. The molecule has 0 bridgehead atoms. The Bertz CT molecular complexity index is 570. The van der Waals surface area contributed by atoms with Crippen LogP contribution in [0.3, 0.4) is 0 Å². The van der Waals surface area contributed by atoms with Gasteiger partial charge < -0.3 is 15.0 Å². The lowest BCUT2D eigenvalue weighted by molar-refractivity contribution is -0.120. The Morgan fingerprint density at radius 2 is 2.14 bits per heavy atom. The third kappa shape index (κ3) is 5.46. The van der Waals surface area contributed by atoms with Crippen LogP contribution < -0.4 is 10.1 Å². The summed E-state index contributed by atoms with van der Waals surface area (Å²) in [7, 11) is 3.70. The van der Waals surface area contributed by atoms with Gasteiger partial charge in [-0.3, -0.25) is 4.79 Å². The third-order valence-corrected chi connectivity index (χ3v) is 3.89. The smallest absolute Gasteiger partial charge is 0.226 e. The molecular weight excluding hydrogens is 298 g/mol. The highest BCUT2D eigenvalue weighted by Crippen LogP contribution is 2.12. The number of thiazole rings is 1. The number of aromatic nitrogens is 1. The van der Waals surface area contributed by atoms with Crippen molar-refractivity contribution in [3.05, 3.63) is 46.4 Å². The minimum atomic E-state index is 0.0174. The minimum absolute atomic E-state index is 0.0174. The number of ether oxygens (including phenoxy) is 1. The van der Waals surface area contributed by atoms with Gasteiger partial charge in [-0.15, -0.1) is 11.3 Å². The Hall–Kier alpha value is -1.92. The quantitative estimate of drug-likeness (QED) is 0.808. The molecule has 1 heterocycles. The summed E-state index contributed by atoms with van der Waals surface area (Å²) in [5, 5.41) is 4.82. The van der Waals surface area contributed by atoms with Crippen LogP contribution in [0.25, 0.3) is 0 Å². The summed E-state index contributed by atoms with van der Waals surface area (Å²) >= 11 is 1.51. The SMILES string of the molecule is COc1ccc(CN(C)CCNC(=O)Cc2cscn2)cc1. The van der Waals surface area contributed by atoms with E-state index in [-0.39, 0.29) is 5.91 Å². The van der Waals surface area contributed by atoms with E-state index in [2.05, 4.69) is 27.3 Å². The molecule has 0 saturated carbocycles. The van der Waals surface area contributed by atoms with Crippen LogP contribution >= 0.6 is 11.3 Å². The maximum absolute atomic E-state index is 11.7. The molecule has 1 N–H and O–H groups in total. The topological polar surface area (TPSA) is 54.5 Å². The highest BCUT2D eigenvalue weighted by Gasteiger charge is 2.05. The summed E-state index contributed by atoms with van der Waals surface area (Å²) in [5.74, 6) is 0.879. The molecule has 0 unspecified atom stereocenters. The molecule has 0 saturated heterocycles. The van der Waals surface area contributed by atoms with Gasteiger partial charge >= 0.3 is 0 Å². The highest BCUT2D eigenvalue weighted by molar-refractivity contribution is 7.07. The molecule has 118 valence electrons. The Kier molecular flexibility index (Phi) is 6.36. The minimum Gasteiger partial charge on any atom is -0.497 e. The maximum atomic E-state index is 11.7. The first-order valence-electron chi connectivity index (χ1n) is 7.12. The van der Waals surface area contributed by atoms with E-state index in [1.165, 1.54) is 16.9 Å². The van der Waals surface area contributed by atoms with Crippen LogP contribution in [0.5, 0.6) is 5.75 Å². The Balaban J connectivity index is 1.66. The Labute approximate surface area is 134 Å². The average molecular weight is 319 g/mol. The van der Waals surface area contributed by atoms with Crippen molar-refractivity contribution in [1.29, 1.82) is 0 Å². The summed E-state index contributed by atoms with van der Waals surface area (Å²) < 4.78 is 5.14. The number of nitrogens with zero attached hydrogens (tertiary/aromatic N) is 2. The van der Waals surface area contributed by atoms with E-state index in [0.717, 1.165) is 24.5 Å². The largest absolute Gasteiger partial charge is 0.497 e. The van der Waals surface area contributed by atoms with Crippen molar-refractivity contribution in [3.63, 3.8) is 0 Å². The van der Waals surface area contributed by atoms with Crippen LogP contribution in [0.15, 0.2) is 35.2 Å². The molecule has 2 rings (SSSR count). The maximum Gasteiger partial charge on any atom is 0.226 e. The van der Waals surface area contributed by atoms with Crippen molar-refractivity contribution in [2.24, 2.45) is 0 Å². The second-order valence-corrected chi connectivity index (χ2v) is 5.81. The number of hydrogen-bond donors (Lipinski definition) is 1. The molecule has 1 aromatic heterocycles. The van der Waals surface area contributed by atoms with E-state index >= 15 is 0 Å². The molecule has 0 spiro atoms. The van der Waals surface area contributed by atoms with Gasteiger partial charge in [-0.05, 0) is 24.7 Å². The van der Waals surface area contributed by atoms with Crippen LogP contribution in [-0.4, -0.2) is 43.0 Å². The lowest BCUT2D eigenvalue weighted by Crippen LogP contribution is -2.33. The second kappa shape index (κ2) is 8.51. The zero-order chi connectivity index (χ0) is 15.8. The van der Waals surface area contributed by atoms with Crippen LogP contribution in [0.2, 0.25) is 0 Å². The summed E-state index contributed by atoms with van der Waals surface area (Å²) in [6.07, 6.45) is 0.353. The summed E-state index contributed by atoms with van der Waals surface area (Å²) in [5.41, 5.74) is 3.79. The van der Waals surface area contributed by atoms with E-state index in [1.54, 1.807) is 12.6 Å². The van der Waals surface area contributed by atoms with Crippen LogP contribution in [0.4, 0.5) is 0 Å². The number of rotatable bonds is 8. The van der Waals surface area contributed by atoms with Crippen molar-refractivity contribution >= 4 is 17.2 Å². The molecule has 0 atom stereocenters. The molecular formula is C16H21N3O2S. The average Bonchev–Trinajstić information content (AvgIpc) is 3.01. The molecule has 5 nitrogen and oxygen atoms in total. The van der Waals surface area contributed by atoms with Crippen molar-refractivity contribution in [2.45, 2.75) is 13.0 Å². The van der Waals surface area contributed by atoms with Crippen molar-refractivity contribution < 1.29 is 9.53 Å². The summed E-state index contributed by atoms with van der Waals surface area (Å²) in [6.45, 7) is 2.27. The molecule has 22 heavy (non-hydrogen) atoms. The molecule has 2 aromatic rings. The van der Waals surface area contributed by atoms with E-state index in [4.69, 9.17) is 4.74 Å². The molecule has 0 fully saturated rings. The van der Waals surface area contributed by atoms with Gasteiger partial charge in [0.2, 0.25) is 5.91 Å². The van der Waals surface area contributed by atoms with E-state index in [0.29, 0.717) is 13.0 Å². The van der Waals surface area contributed by atoms with Gasteiger partial charge in [-0.25, -0.2) is 4.98 Å². The number of hydrogen-bond acceptors (Lipinski definition) is 5. The number of nitrogens with one attached hydrogen (secondary N) is 1. The lowest BCUT2D eigenvalue weighted by atomic mass is 10.2. The first-order valence-corrected chi connectivity index (χ1v) is 8.07. The Morgan fingerprint density at radius 1 is 1.36 bits per heavy atom. The zero-order valence-corrected chi connectivity index (χ0v) is 13.7. The van der Waals surface area contributed by atoms with Gasteiger partial charge in [-0.1, -0.05) is 12.1 Å². The highest BCUT2D eigenvalue weighted by atomic mass is 32.1. The summed E-state index contributed by atoms with van der Waals surface area (Å²) in [4.78, 5) is 18.0. The van der Waals surface area contributed by atoms with Gasteiger partial charge in [0.15, 0.2) is 0 Å². The Morgan fingerprint density at radius 3 is 2.77 bits per heavy atom. The number of benzene rings is 1. The van der Waals surface area contributed by atoms with Crippen LogP contribution in [0.1, 0.15) is 11.3 Å². The standard InChI is InChI=1S/C16H21N3O2S/c1-19(10-13-3-5-15(21-2)6-4-13)8-7-17-16(20)9-14-11-22-12-18-14/h3-6,11-12H,7-10H2,1-2H3,(H,17,20). The summed E-state index contributed by atoms with van der Waals surface area (Å²) in [6, 6.07) is 8.02. The van der Waals surface area contributed by atoms with Gasteiger partial charge in [0.05, 0.1) is 24.7 Å². The van der Waals surface area contributed by atoms with Gasteiger partial charge in [0.1, 0.15) is 5.75 Å². The first-order chi connectivity index (χ1) is 10.7. The fourth-order valence-electron chi connectivity index (χ4n) is 2.06. The van der Waals surface area contributed by atoms with Crippen molar-refractivity contribution in [3.8, 4) is 5.75 Å². The number of carbonyl (C=O) groups is 1. The number of amides is 1. The number of methoxy groups -OCH3 is 1. The number of likely N-dealkylation sites (N-methyl/N-ethyl adjacent to an activating group) is 1. The van der Waals surface area contributed by atoms with Gasteiger partial charge in [0.25, 0.3) is 0 Å². The zero-order valence-electron chi connectivity index (χ0n) is 12.9. The third-order valence-electron chi connectivity index (χ3n) is 3.25. The van der Waals surface area contributed by atoms with E-state index < -0.39 is 0 Å². The monoisotopic (exact) mass is 319 g/mol. The van der Waals surface area contributed by atoms with Crippen molar-refractivity contribution in [2.75, 3.05) is 27.2 Å². The molecule has 0 aliphatic rings. The molecule has 1 aromatic carbocycles. The lowest BCUT2D eigenvalue weighted by Gasteiger charge is -2.17. The van der Waals surface area contributed by atoms with Crippen molar-refractivity contribution in [1.82, 2.24) is 15.2 Å². The van der Waals surface area contributed by atoms with Crippen LogP contribution in [-0.2, 0) is 17.8 Å². The first kappa shape index (κ1) is 16.5. The predicted octanol–water partition coefficient (Wildman–Crippen LogP) is 1.94. The van der Waals surface area contributed by atoms with E-state index in [1.807, 2.05) is 24.6 Å². The fraction of sp³-hybridized carbons (Fsp3) is 0.375.